The lowest BCUT2D eigenvalue weighted by molar-refractivity contribution is 0.301. The van der Waals surface area contributed by atoms with Gasteiger partial charge in [0.2, 0.25) is 0 Å². The van der Waals surface area contributed by atoms with Crippen LogP contribution in [0.25, 0.3) is 0 Å². The van der Waals surface area contributed by atoms with Gasteiger partial charge < -0.3 is 15.0 Å². The van der Waals surface area contributed by atoms with Crippen molar-refractivity contribution in [2.75, 3.05) is 12.3 Å². The Morgan fingerprint density at radius 3 is 2.63 bits per heavy atom. The third kappa shape index (κ3) is 4.03. The van der Waals surface area contributed by atoms with Gasteiger partial charge in [-0.1, -0.05) is 11.6 Å². The van der Waals surface area contributed by atoms with Crippen LogP contribution in [0.3, 0.4) is 0 Å². The molecule has 4 nitrogen and oxygen atoms in total. The van der Waals surface area contributed by atoms with Crippen molar-refractivity contribution in [3.8, 4) is 5.75 Å². The third-order valence-electron chi connectivity index (χ3n) is 2.64. The summed E-state index contributed by atoms with van der Waals surface area (Å²) in [6.45, 7) is 1.11. The first kappa shape index (κ1) is 13.5. The molecule has 0 radical (unpaired) electrons. The Bertz CT molecular complexity index is 593. The fourth-order valence-corrected chi connectivity index (χ4v) is 1.85. The van der Waals surface area contributed by atoms with Crippen LogP contribution in [-0.4, -0.2) is 11.2 Å². The van der Waals surface area contributed by atoms with Gasteiger partial charge in [-0.05, 0) is 36.8 Å². The van der Waals surface area contributed by atoms with Gasteiger partial charge in [0.15, 0.2) is 0 Å². The van der Waals surface area contributed by atoms with Gasteiger partial charge in [0.1, 0.15) is 5.75 Å². The van der Waals surface area contributed by atoms with Crippen LogP contribution in [0.15, 0.2) is 47.4 Å². The first-order valence-electron chi connectivity index (χ1n) is 5.99. The van der Waals surface area contributed by atoms with Gasteiger partial charge >= 0.3 is 0 Å². The quantitative estimate of drug-likeness (QED) is 0.675. The highest BCUT2D eigenvalue weighted by atomic mass is 35.5. The van der Waals surface area contributed by atoms with Crippen LogP contribution in [0.5, 0.6) is 5.75 Å². The average molecular weight is 279 g/mol. The standard InChI is InChI=1S/C14H15ClN2O2/c15-11-2-7-14(18)17(10-11)8-1-9-19-13-5-3-12(16)4-6-13/h2-7,10H,1,8-9,16H2. The minimum atomic E-state index is -0.0584. The van der Waals surface area contributed by atoms with Crippen LogP contribution in [0.4, 0.5) is 5.69 Å². The summed E-state index contributed by atoms with van der Waals surface area (Å²) in [5, 5.41) is 0.555. The number of halogens is 1. The van der Waals surface area contributed by atoms with Gasteiger partial charge in [-0.2, -0.15) is 0 Å². The zero-order valence-electron chi connectivity index (χ0n) is 10.4. The number of nitrogens with two attached hydrogens (primary N) is 1. The molecule has 1 heterocycles. The summed E-state index contributed by atoms with van der Waals surface area (Å²) in [4.78, 5) is 11.5. The van der Waals surface area contributed by atoms with E-state index in [0.717, 1.165) is 12.2 Å². The molecule has 5 heteroatoms. The van der Waals surface area contributed by atoms with Gasteiger partial charge in [-0.15, -0.1) is 0 Å². The Morgan fingerprint density at radius 2 is 1.89 bits per heavy atom. The molecule has 2 rings (SSSR count). The molecular weight excluding hydrogens is 264 g/mol. The summed E-state index contributed by atoms with van der Waals surface area (Å²) in [5.41, 5.74) is 6.23. The SMILES string of the molecule is Nc1ccc(OCCCn2cc(Cl)ccc2=O)cc1. The number of pyridine rings is 1. The second-order valence-corrected chi connectivity index (χ2v) is 4.59. The average Bonchev–Trinajstić information content (AvgIpc) is 2.40. The van der Waals surface area contributed by atoms with E-state index < -0.39 is 0 Å². The summed E-state index contributed by atoms with van der Waals surface area (Å²) >= 11 is 5.84. The number of rotatable bonds is 5. The summed E-state index contributed by atoms with van der Waals surface area (Å²) in [6, 6.07) is 10.3. The zero-order chi connectivity index (χ0) is 13.7. The molecule has 0 spiro atoms. The van der Waals surface area contributed by atoms with Crippen LogP contribution in [0.1, 0.15) is 6.42 Å². The third-order valence-corrected chi connectivity index (χ3v) is 2.86. The second-order valence-electron chi connectivity index (χ2n) is 4.15. The maximum atomic E-state index is 11.5. The predicted octanol–water partition coefficient (Wildman–Crippen LogP) is 2.55. The normalized spacial score (nSPS) is 10.4. The monoisotopic (exact) mass is 278 g/mol. The lowest BCUT2D eigenvalue weighted by atomic mass is 10.3. The first-order valence-corrected chi connectivity index (χ1v) is 6.37. The largest absolute Gasteiger partial charge is 0.494 e. The number of ether oxygens (including phenoxy) is 1. The minimum absolute atomic E-state index is 0.0584. The summed E-state index contributed by atoms with van der Waals surface area (Å²) in [5.74, 6) is 0.771. The van der Waals surface area contributed by atoms with E-state index >= 15 is 0 Å². The van der Waals surface area contributed by atoms with Crippen LogP contribution in [0.2, 0.25) is 5.02 Å². The number of hydrogen-bond acceptors (Lipinski definition) is 3. The fourth-order valence-electron chi connectivity index (χ4n) is 1.67. The molecule has 100 valence electrons. The van der Waals surface area contributed by atoms with E-state index in [-0.39, 0.29) is 5.56 Å². The van der Waals surface area contributed by atoms with E-state index in [1.54, 1.807) is 29.0 Å². The maximum Gasteiger partial charge on any atom is 0.250 e. The smallest absolute Gasteiger partial charge is 0.250 e. The molecule has 0 saturated heterocycles. The van der Waals surface area contributed by atoms with Crippen molar-refractivity contribution in [3.05, 3.63) is 58.0 Å². The number of nitrogens with zero attached hydrogens (tertiary/aromatic N) is 1. The topological polar surface area (TPSA) is 57.2 Å². The van der Waals surface area contributed by atoms with Gasteiger partial charge in [-0.25, -0.2) is 0 Å². The maximum absolute atomic E-state index is 11.5. The molecule has 2 aromatic rings. The molecule has 0 saturated carbocycles. The molecular formula is C14H15ClN2O2. The molecule has 0 bridgehead atoms. The Balaban J connectivity index is 1.82. The Morgan fingerprint density at radius 1 is 1.16 bits per heavy atom. The Hall–Kier alpha value is -1.94. The van der Waals surface area contributed by atoms with Crippen molar-refractivity contribution < 1.29 is 4.74 Å². The van der Waals surface area contributed by atoms with Crippen molar-refractivity contribution >= 4 is 17.3 Å². The highest BCUT2D eigenvalue weighted by Crippen LogP contribution is 2.13. The summed E-state index contributed by atoms with van der Waals surface area (Å²) in [6.07, 6.45) is 2.36. The van der Waals surface area contributed by atoms with E-state index in [1.165, 1.54) is 6.07 Å². The van der Waals surface area contributed by atoms with Crippen molar-refractivity contribution in [2.24, 2.45) is 0 Å². The lowest BCUT2D eigenvalue weighted by Gasteiger charge is -2.08. The van der Waals surface area contributed by atoms with Crippen molar-refractivity contribution in [2.45, 2.75) is 13.0 Å². The molecule has 0 aliphatic rings. The number of hydrogen-bond donors (Lipinski definition) is 1. The number of nitrogen functional groups attached to an aromatic ring is 1. The molecule has 1 aromatic heterocycles. The molecule has 0 aliphatic heterocycles. The Labute approximate surface area is 116 Å². The van der Waals surface area contributed by atoms with Gasteiger partial charge in [0, 0.05) is 24.5 Å². The van der Waals surface area contributed by atoms with Gasteiger partial charge in [0.05, 0.1) is 11.6 Å². The zero-order valence-corrected chi connectivity index (χ0v) is 11.1. The number of aromatic nitrogens is 1. The molecule has 0 fully saturated rings. The predicted molar refractivity (Wildman–Crippen MR) is 76.7 cm³/mol. The molecule has 19 heavy (non-hydrogen) atoms. The number of anilines is 1. The molecule has 2 N–H and O–H groups in total. The molecule has 0 atom stereocenters. The fraction of sp³-hybridized carbons (Fsp3) is 0.214. The number of aryl methyl sites for hydroxylation is 1. The van der Waals surface area contributed by atoms with E-state index in [1.807, 2.05) is 12.1 Å². The van der Waals surface area contributed by atoms with E-state index in [9.17, 15) is 4.79 Å². The summed E-state index contributed by atoms with van der Waals surface area (Å²) in [7, 11) is 0. The highest BCUT2D eigenvalue weighted by Gasteiger charge is 1.98. The van der Waals surface area contributed by atoms with Crippen molar-refractivity contribution in [1.29, 1.82) is 0 Å². The highest BCUT2D eigenvalue weighted by molar-refractivity contribution is 6.30. The summed E-state index contributed by atoms with van der Waals surface area (Å²) < 4.78 is 7.13. The van der Waals surface area contributed by atoms with Crippen LogP contribution < -0.4 is 16.0 Å². The first-order chi connectivity index (χ1) is 9.15. The minimum Gasteiger partial charge on any atom is -0.494 e. The lowest BCUT2D eigenvalue weighted by Crippen LogP contribution is -2.19. The number of benzene rings is 1. The van der Waals surface area contributed by atoms with Crippen LogP contribution in [-0.2, 0) is 6.54 Å². The molecule has 0 amide bonds. The van der Waals surface area contributed by atoms with E-state index in [2.05, 4.69) is 0 Å². The van der Waals surface area contributed by atoms with E-state index in [4.69, 9.17) is 22.1 Å². The second kappa shape index (κ2) is 6.29. The Kier molecular flexibility index (Phi) is 4.47. The van der Waals surface area contributed by atoms with Crippen LogP contribution >= 0.6 is 11.6 Å². The van der Waals surface area contributed by atoms with Gasteiger partial charge in [-0.3, -0.25) is 4.79 Å². The van der Waals surface area contributed by atoms with Crippen molar-refractivity contribution in [3.63, 3.8) is 0 Å². The van der Waals surface area contributed by atoms with Gasteiger partial charge in [0.25, 0.3) is 5.56 Å². The molecule has 0 aliphatic carbocycles. The van der Waals surface area contributed by atoms with Crippen LogP contribution in [0, 0.1) is 0 Å². The molecule has 1 aromatic carbocycles. The van der Waals surface area contributed by atoms with Crippen molar-refractivity contribution in [1.82, 2.24) is 4.57 Å². The molecule has 0 unspecified atom stereocenters. The van der Waals surface area contributed by atoms with E-state index in [0.29, 0.717) is 23.9 Å².